The third kappa shape index (κ3) is 5.64. The largest absolute Gasteiger partial charge is 0.326 e. The molecule has 5 heteroatoms. The first kappa shape index (κ1) is 16.8. The van der Waals surface area contributed by atoms with E-state index in [1.165, 1.54) is 17.9 Å². The lowest BCUT2D eigenvalue weighted by Gasteiger charge is -2.05. The van der Waals surface area contributed by atoms with Crippen molar-refractivity contribution in [2.75, 3.05) is 16.9 Å². The zero-order chi connectivity index (χ0) is 16.7. The lowest BCUT2D eigenvalue weighted by Crippen LogP contribution is -2.08. The van der Waals surface area contributed by atoms with E-state index in [1.54, 1.807) is 42.1 Å². The maximum absolute atomic E-state index is 11.9. The average Bonchev–Trinajstić information content (AvgIpc) is 2.55. The van der Waals surface area contributed by atoms with Crippen molar-refractivity contribution in [1.82, 2.24) is 0 Å². The predicted molar refractivity (Wildman–Crippen MR) is 96.6 cm³/mol. The summed E-state index contributed by atoms with van der Waals surface area (Å²) in [6, 6.07) is 14.9. The van der Waals surface area contributed by atoms with Gasteiger partial charge in [-0.25, -0.2) is 0 Å². The monoisotopic (exact) mass is 326 g/mol. The van der Waals surface area contributed by atoms with Gasteiger partial charge in [0.2, 0.25) is 11.8 Å². The van der Waals surface area contributed by atoms with Crippen LogP contribution in [0.3, 0.4) is 0 Å². The molecule has 0 radical (unpaired) electrons. The normalized spacial score (nSPS) is 10.5. The number of hydrogen-bond donors (Lipinski definition) is 2. The highest BCUT2D eigenvalue weighted by Gasteiger charge is 1.99. The van der Waals surface area contributed by atoms with E-state index in [9.17, 15) is 9.59 Å². The van der Waals surface area contributed by atoms with Crippen molar-refractivity contribution < 1.29 is 9.59 Å². The predicted octanol–water partition coefficient (Wildman–Crippen LogP) is 4.02. The van der Waals surface area contributed by atoms with Gasteiger partial charge in [0.15, 0.2) is 0 Å². The van der Waals surface area contributed by atoms with Gasteiger partial charge in [-0.15, -0.1) is 11.8 Å². The van der Waals surface area contributed by atoms with E-state index in [2.05, 4.69) is 10.6 Å². The third-order valence-corrected chi connectivity index (χ3v) is 3.76. The molecule has 2 rings (SSSR count). The van der Waals surface area contributed by atoms with Gasteiger partial charge in [-0.1, -0.05) is 12.1 Å². The minimum atomic E-state index is -0.203. The van der Waals surface area contributed by atoms with Crippen molar-refractivity contribution in [3.8, 4) is 0 Å². The van der Waals surface area contributed by atoms with Gasteiger partial charge in [0, 0.05) is 29.3 Å². The number of nitrogens with one attached hydrogen (secondary N) is 2. The highest BCUT2D eigenvalue weighted by Crippen LogP contribution is 2.16. The highest BCUT2D eigenvalue weighted by atomic mass is 32.2. The SMILES string of the molecule is CSc1ccc(/C=C/C(=O)Nc2ccc(NC(C)=O)cc2)cc1. The number of thioether (sulfide) groups is 1. The number of carbonyl (C=O) groups excluding carboxylic acids is 2. The highest BCUT2D eigenvalue weighted by molar-refractivity contribution is 7.98. The van der Waals surface area contributed by atoms with Crippen molar-refractivity contribution >= 4 is 41.0 Å². The molecule has 0 aliphatic rings. The lowest BCUT2D eigenvalue weighted by molar-refractivity contribution is -0.114. The standard InChI is InChI=1S/C18H18N2O2S/c1-13(21)19-15-6-8-16(9-7-15)20-18(22)12-5-14-3-10-17(23-2)11-4-14/h3-12H,1-2H3,(H,19,21)(H,20,22)/b12-5+. The van der Waals surface area contributed by atoms with E-state index < -0.39 is 0 Å². The number of benzene rings is 2. The molecule has 0 atom stereocenters. The van der Waals surface area contributed by atoms with E-state index in [0.717, 1.165) is 5.56 Å². The van der Waals surface area contributed by atoms with E-state index in [0.29, 0.717) is 11.4 Å². The fourth-order valence-corrected chi connectivity index (χ4v) is 2.32. The first-order valence-corrected chi connectivity index (χ1v) is 8.30. The summed E-state index contributed by atoms with van der Waals surface area (Å²) in [5, 5.41) is 5.45. The van der Waals surface area contributed by atoms with Crippen molar-refractivity contribution in [2.24, 2.45) is 0 Å². The quantitative estimate of drug-likeness (QED) is 0.644. The molecule has 2 amide bonds. The molecule has 0 heterocycles. The number of hydrogen-bond acceptors (Lipinski definition) is 3. The maximum atomic E-state index is 11.9. The van der Waals surface area contributed by atoms with Crippen LogP contribution >= 0.6 is 11.8 Å². The Labute approximate surface area is 140 Å². The molecule has 2 aromatic carbocycles. The van der Waals surface area contributed by atoms with Crippen LogP contribution in [0.2, 0.25) is 0 Å². The Bertz CT molecular complexity index is 707. The van der Waals surface area contributed by atoms with E-state index in [-0.39, 0.29) is 11.8 Å². The molecule has 0 unspecified atom stereocenters. The van der Waals surface area contributed by atoms with E-state index in [4.69, 9.17) is 0 Å². The van der Waals surface area contributed by atoms with Gasteiger partial charge >= 0.3 is 0 Å². The molecule has 0 saturated heterocycles. The van der Waals surface area contributed by atoms with E-state index >= 15 is 0 Å². The van der Waals surface area contributed by atoms with Crippen LogP contribution in [0.4, 0.5) is 11.4 Å². The van der Waals surface area contributed by atoms with Gasteiger partial charge in [-0.3, -0.25) is 9.59 Å². The lowest BCUT2D eigenvalue weighted by atomic mass is 10.2. The molecule has 0 spiro atoms. The van der Waals surface area contributed by atoms with Gasteiger partial charge in [-0.2, -0.15) is 0 Å². The number of amides is 2. The number of carbonyl (C=O) groups is 2. The Morgan fingerprint density at radius 3 is 2.00 bits per heavy atom. The second-order valence-corrected chi connectivity index (χ2v) is 5.73. The molecule has 2 aromatic rings. The summed E-state index contributed by atoms with van der Waals surface area (Å²) in [6.45, 7) is 1.45. The molecule has 23 heavy (non-hydrogen) atoms. The van der Waals surface area contributed by atoms with Crippen LogP contribution < -0.4 is 10.6 Å². The summed E-state index contributed by atoms with van der Waals surface area (Å²) in [7, 11) is 0. The minimum Gasteiger partial charge on any atom is -0.326 e. The average molecular weight is 326 g/mol. The first-order chi connectivity index (χ1) is 11.1. The van der Waals surface area contributed by atoms with Crippen LogP contribution in [0.5, 0.6) is 0 Å². The van der Waals surface area contributed by atoms with Crippen molar-refractivity contribution in [3.63, 3.8) is 0 Å². The van der Waals surface area contributed by atoms with Crippen LogP contribution in [-0.2, 0) is 9.59 Å². The van der Waals surface area contributed by atoms with Crippen molar-refractivity contribution in [3.05, 3.63) is 60.2 Å². The third-order valence-electron chi connectivity index (χ3n) is 3.02. The Morgan fingerprint density at radius 2 is 1.48 bits per heavy atom. The van der Waals surface area contributed by atoms with Gasteiger partial charge in [-0.05, 0) is 54.3 Å². The summed E-state index contributed by atoms with van der Waals surface area (Å²) >= 11 is 1.68. The van der Waals surface area contributed by atoms with Gasteiger partial charge < -0.3 is 10.6 Å². The molecular weight excluding hydrogens is 308 g/mol. The maximum Gasteiger partial charge on any atom is 0.248 e. The Morgan fingerprint density at radius 1 is 0.913 bits per heavy atom. The minimum absolute atomic E-state index is 0.128. The molecule has 0 aliphatic heterocycles. The Hall–Kier alpha value is -2.53. The summed E-state index contributed by atoms with van der Waals surface area (Å²) in [5.74, 6) is -0.330. The number of rotatable bonds is 5. The first-order valence-electron chi connectivity index (χ1n) is 7.07. The van der Waals surface area contributed by atoms with E-state index in [1.807, 2.05) is 30.5 Å². The summed E-state index contributed by atoms with van der Waals surface area (Å²) < 4.78 is 0. The summed E-state index contributed by atoms with van der Waals surface area (Å²) in [6.07, 6.45) is 5.29. The molecule has 0 aliphatic carbocycles. The van der Waals surface area contributed by atoms with Gasteiger partial charge in [0.05, 0.1) is 0 Å². The van der Waals surface area contributed by atoms with Crippen molar-refractivity contribution in [2.45, 2.75) is 11.8 Å². The number of anilines is 2. The topological polar surface area (TPSA) is 58.2 Å². The summed E-state index contributed by atoms with van der Waals surface area (Å²) in [5.41, 5.74) is 2.34. The van der Waals surface area contributed by atoms with Crippen LogP contribution in [-0.4, -0.2) is 18.1 Å². The van der Waals surface area contributed by atoms with Gasteiger partial charge in [0.25, 0.3) is 0 Å². The molecule has 0 saturated carbocycles. The molecule has 0 bridgehead atoms. The Balaban J connectivity index is 1.93. The zero-order valence-corrected chi connectivity index (χ0v) is 13.8. The van der Waals surface area contributed by atoms with Crippen LogP contribution in [0, 0.1) is 0 Å². The fraction of sp³-hybridized carbons (Fsp3) is 0.111. The van der Waals surface area contributed by atoms with Crippen LogP contribution in [0.15, 0.2) is 59.5 Å². The van der Waals surface area contributed by atoms with Crippen LogP contribution in [0.25, 0.3) is 6.08 Å². The Kier molecular flexibility index (Phi) is 6.00. The smallest absolute Gasteiger partial charge is 0.248 e. The molecule has 0 aromatic heterocycles. The second kappa shape index (κ2) is 8.19. The molecule has 4 nitrogen and oxygen atoms in total. The van der Waals surface area contributed by atoms with Crippen LogP contribution in [0.1, 0.15) is 12.5 Å². The fourth-order valence-electron chi connectivity index (χ4n) is 1.91. The van der Waals surface area contributed by atoms with Gasteiger partial charge in [0.1, 0.15) is 0 Å². The zero-order valence-electron chi connectivity index (χ0n) is 13.0. The molecular formula is C18H18N2O2S. The summed E-state index contributed by atoms with van der Waals surface area (Å²) in [4.78, 5) is 24.0. The van der Waals surface area contributed by atoms with Crippen molar-refractivity contribution in [1.29, 1.82) is 0 Å². The molecule has 2 N–H and O–H groups in total. The molecule has 0 fully saturated rings. The second-order valence-electron chi connectivity index (χ2n) is 4.85. The molecule has 118 valence electrons.